The molecule has 2 aromatic rings. The largest absolute Gasteiger partial charge is 0.377 e. The van der Waals surface area contributed by atoms with Gasteiger partial charge in [-0.3, -0.25) is 4.79 Å². The van der Waals surface area contributed by atoms with E-state index in [4.69, 9.17) is 16.3 Å². The van der Waals surface area contributed by atoms with E-state index in [1.54, 1.807) is 0 Å². The second-order valence-electron chi connectivity index (χ2n) is 6.99. The Kier molecular flexibility index (Phi) is 4.51. The minimum Gasteiger partial charge on any atom is -0.377 e. The quantitative estimate of drug-likeness (QED) is 0.902. The number of ether oxygens (including phenoxy) is 1. The summed E-state index contributed by atoms with van der Waals surface area (Å²) in [6.07, 6.45) is 8.29. The number of halogens is 1. The van der Waals surface area contributed by atoms with Crippen LogP contribution in [0.3, 0.4) is 0 Å². The van der Waals surface area contributed by atoms with Crippen LogP contribution in [0.4, 0.5) is 0 Å². The zero-order valence-corrected chi connectivity index (χ0v) is 14.5. The SMILES string of the molecule is O=C(NCC1CCCCC1)c1cn(C2COC2)c2cccc(Cl)c12. The van der Waals surface area contributed by atoms with Crippen LogP contribution in [0.25, 0.3) is 10.9 Å². The molecule has 4 nitrogen and oxygen atoms in total. The predicted octanol–water partition coefficient (Wildman–Crippen LogP) is 4.18. The van der Waals surface area contributed by atoms with E-state index in [1.807, 2.05) is 24.4 Å². The lowest BCUT2D eigenvalue weighted by molar-refractivity contribution is -0.0214. The number of amides is 1. The predicted molar refractivity (Wildman–Crippen MR) is 95.7 cm³/mol. The van der Waals surface area contributed by atoms with E-state index >= 15 is 0 Å². The first-order valence-corrected chi connectivity index (χ1v) is 9.27. The molecule has 0 spiro atoms. The Morgan fingerprint density at radius 1 is 1.25 bits per heavy atom. The molecule has 1 saturated heterocycles. The fraction of sp³-hybridized carbons (Fsp3) is 0.526. The lowest BCUT2D eigenvalue weighted by Gasteiger charge is -2.28. The van der Waals surface area contributed by atoms with Gasteiger partial charge < -0.3 is 14.6 Å². The molecule has 1 aromatic heterocycles. The first kappa shape index (κ1) is 16.0. The first-order valence-electron chi connectivity index (χ1n) is 8.89. The van der Waals surface area contributed by atoms with Gasteiger partial charge in [-0.2, -0.15) is 0 Å². The van der Waals surface area contributed by atoms with E-state index in [-0.39, 0.29) is 5.91 Å². The number of hydrogen-bond donors (Lipinski definition) is 1. The summed E-state index contributed by atoms with van der Waals surface area (Å²) in [7, 11) is 0. The van der Waals surface area contributed by atoms with Crippen LogP contribution in [-0.2, 0) is 4.74 Å². The molecular formula is C19H23ClN2O2. The second kappa shape index (κ2) is 6.77. The van der Waals surface area contributed by atoms with Gasteiger partial charge >= 0.3 is 0 Å². The van der Waals surface area contributed by atoms with Crippen LogP contribution in [0.1, 0.15) is 48.5 Å². The van der Waals surface area contributed by atoms with E-state index in [2.05, 4.69) is 9.88 Å². The molecule has 1 aliphatic carbocycles. The highest BCUT2D eigenvalue weighted by Gasteiger charge is 2.26. The van der Waals surface area contributed by atoms with Crippen molar-refractivity contribution in [3.05, 3.63) is 35.0 Å². The highest BCUT2D eigenvalue weighted by atomic mass is 35.5. The average molecular weight is 347 g/mol. The molecule has 1 aromatic carbocycles. The third kappa shape index (κ3) is 2.93. The lowest BCUT2D eigenvalue weighted by Crippen LogP contribution is -2.31. The molecule has 0 atom stereocenters. The van der Waals surface area contributed by atoms with E-state index < -0.39 is 0 Å². The van der Waals surface area contributed by atoms with Crippen LogP contribution in [0.15, 0.2) is 24.4 Å². The molecule has 5 heteroatoms. The van der Waals surface area contributed by atoms with Gasteiger partial charge in [0.2, 0.25) is 0 Å². The molecule has 4 rings (SSSR count). The Bertz CT molecular complexity index is 745. The molecule has 1 N–H and O–H groups in total. The topological polar surface area (TPSA) is 43.3 Å². The lowest BCUT2D eigenvalue weighted by atomic mass is 9.89. The molecule has 1 amide bonds. The standard InChI is InChI=1S/C19H23ClN2O2/c20-16-7-4-8-17-18(16)15(10-22(17)14-11-24-12-14)19(23)21-9-13-5-2-1-3-6-13/h4,7-8,10,13-14H,1-3,5-6,9,11-12H2,(H,21,23). The van der Waals surface area contributed by atoms with Crippen molar-refractivity contribution in [1.29, 1.82) is 0 Å². The summed E-state index contributed by atoms with van der Waals surface area (Å²) in [5, 5.41) is 4.62. The summed E-state index contributed by atoms with van der Waals surface area (Å²) in [5.74, 6) is 0.601. The Balaban J connectivity index is 1.59. The second-order valence-corrected chi connectivity index (χ2v) is 7.40. The number of benzene rings is 1. The van der Waals surface area contributed by atoms with Crippen molar-refractivity contribution in [3.8, 4) is 0 Å². The van der Waals surface area contributed by atoms with Crippen LogP contribution in [0, 0.1) is 5.92 Å². The summed E-state index contributed by atoms with van der Waals surface area (Å²) in [6.45, 7) is 2.15. The minimum atomic E-state index is -0.0161. The maximum Gasteiger partial charge on any atom is 0.253 e. The monoisotopic (exact) mass is 346 g/mol. The van der Waals surface area contributed by atoms with Gasteiger partial charge in [0.15, 0.2) is 0 Å². The summed E-state index contributed by atoms with van der Waals surface area (Å²) < 4.78 is 7.45. The molecule has 2 aliphatic rings. The van der Waals surface area contributed by atoms with Crippen molar-refractivity contribution in [2.24, 2.45) is 5.92 Å². The number of rotatable bonds is 4. The molecule has 2 heterocycles. The first-order chi connectivity index (χ1) is 11.7. The zero-order chi connectivity index (χ0) is 16.5. The van der Waals surface area contributed by atoms with Crippen LogP contribution in [-0.4, -0.2) is 30.2 Å². The van der Waals surface area contributed by atoms with Crippen molar-refractivity contribution in [2.45, 2.75) is 38.1 Å². The Labute approximate surface area is 147 Å². The third-order valence-corrected chi connectivity index (χ3v) is 5.66. The maximum atomic E-state index is 12.8. The average Bonchev–Trinajstić information content (AvgIpc) is 2.93. The highest BCUT2D eigenvalue weighted by Crippen LogP contribution is 2.33. The number of aromatic nitrogens is 1. The Hall–Kier alpha value is -1.52. The van der Waals surface area contributed by atoms with Crippen molar-refractivity contribution < 1.29 is 9.53 Å². The van der Waals surface area contributed by atoms with Crippen molar-refractivity contribution in [2.75, 3.05) is 19.8 Å². The molecule has 1 saturated carbocycles. The van der Waals surface area contributed by atoms with Crippen molar-refractivity contribution >= 4 is 28.4 Å². The molecule has 128 valence electrons. The highest BCUT2D eigenvalue weighted by molar-refractivity contribution is 6.36. The van der Waals surface area contributed by atoms with Gasteiger partial charge in [0.05, 0.1) is 35.4 Å². The van der Waals surface area contributed by atoms with Crippen LogP contribution < -0.4 is 5.32 Å². The third-order valence-electron chi connectivity index (χ3n) is 5.34. The minimum absolute atomic E-state index is 0.0161. The molecule has 0 bridgehead atoms. The van der Waals surface area contributed by atoms with Crippen LogP contribution >= 0.6 is 11.6 Å². The fourth-order valence-corrected chi connectivity index (χ4v) is 4.12. The van der Waals surface area contributed by atoms with Gasteiger partial charge in [-0.25, -0.2) is 0 Å². The number of nitrogens with zero attached hydrogens (tertiary/aromatic N) is 1. The molecular weight excluding hydrogens is 324 g/mol. The van der Waals surface area contributed by atoms with Gasteiger partial charge in [-0.1, -0.05) is 36.9 Å². The Morgan fingerprint density at radius 3 is 2.75 bits per heavy atom. The number of carbonyl (C=O) groups is 1. The molecule has 0 unspecified atom stereocenters. The normalized spacial score (nSPS) is 19.4. The van der Waals surface area contributed by atoms with Gasteiger partial charge in [0, 0.05) is 18.1 Å². The van der Waals surface area contributed by atoms with Gasteiger partial charge in [0.1, 0.15) is 0 Å². The maximum absolute atomic E-state index is 12.8. The van der Waals surface area contributed by atoms with E-state index in [0.717, 1.165) is 17.4 Å². The summed E-state index contributed by atoms with van der Waals surface area (Å²) in [4.78, 5) is 12.8. The molecule has 0 radical (unpaired) electrons. The summed E-state index contributed by atoms with van der Waals surface area (Å²) in [5.41, 5.74) is 1.69. The Morgan fingerprint density at radius 2 is 2.04 bits per heavy atom. The summed E-state index contributed by atoms with van der Waals surface area (Å²) in [6, 6.07) is 6.11. The van der Waals surface area contributed by atoms with Gasteiger partial charge in [-0.15, -0.1) is 0 Å². The van der Waals surface area contributed by atoms with E-state index in [9.17, 15) is 4.79 Å². The number of hydrogen-bond acceptors (Lipinski definition) is 2. The van der Waals surface area contributed by atoms with Crippen LogP contribution in [0.5, 0.6) is 0 Å². The number of nitrogens with one attached hydrogen (secondary N) is 1. The van der Waals surface area contributed by atoms with E-state index in [1.165, 1.54) is 32.1 Å². The van der Waals surface area contributed by atoms with Crippen LogP contribution in [0.2, 0.25) is 5.02 Å². The summed E-state index contributed by atoms with van der Waals surface area (Å²) >= 11 is 6.41. The fourth-order valence-electron chi connectivity index (χ4n) is 3.85. The number of fused-ring (bicyclic) bond motifs is 1. The van der Waals surface area contributed by atoms with E-state index in [0.29, 0.717) is 35.8 Å². The van der Waals surface area contributed by atoms with Crippen molar-refractivity contribution in [1.82, 2.24) is 9.88 Å². The smallest absolute Gasteiger partial charge is 0.253 e. The molecule has 1 aliphatic heterocycles. The number of carbonyl (C=O) groups excluding carboxylic acids is 1. The van der Waals surface area contributed by atoms with Gasteiger partial charge in [0.25, 0.3) is 5.91 Å². The van der Waals surface area contributed by atoms with Gasteiger partial charge in [-0.05, 0) is 30.9 Å². The molecule has 24 heavy (non-hydrogen) atoms. The molecule has 2 fully saturated rings. The van der Waals surface area contributed by atoms with Crippen molar-refractivity contribution in [3.63, 3.8) is 0 Å². The zero-order valence-electron chi connectivity index (χ0n) is 13.8.